The molecular weight excluding hydrogens is 350 g/mol. The molecule has 3 aromatic rings. The van der Waals surface area contributed by atoms with Gasteiger partial charge in [0.1, 0.15) is 28.0 Å². The van der Waals surface area contributed by atoms with Crippen LogP contribution in [-0.4, -0.2) is 23.0 Å². The Morgan fingerprint density at radius 3 is 2.85 bits per heavy atom. The zero-order chi connectivity index (χ0) is 18.4. The van der Waals surface area contributed by atoms with Crippen LogP contribution in [0.15, 0.2) is 48.8 Å². The molecule has 0 radical (unpaired) electrons. The number of para-hydroxylation sites is 1. The topological polar surface area (TPSA) is 73.3 Å². The number of benzene rings is 1. The van der Waals surface area contributed by atoms with Crippen LogP contribution >= 0.6 is 11.3 Å². The molecule has 2 heterocycles. The average Bonchev–Trinajstić information content (AvgIpc) is 3.06. The van der Waals surface area contributed by atoms with Crippen molar-refractivity contribution in [3.05, 3.63) is 69.9 Å². The van der Waals surface area contributed by atoms with Crippen LogP contribution in [0.2, 0.25) is 0 Å². The number of thiazole rings is 1. The van der Waals surface area contributed by atoms with Crippen LogP contribution < -0.4 is 14.8 Å². The zero-order valence-electron chi connectivity index (χ0n) is 14.6. The summed E-state index contributed by atoms with van der Waals surface area (Å²) in [5, 5.41) is 3.66. The molecule has 0 aliphatic carbocycles. The maximum atomic E-state index is 12.5. The van der Waals surface area contributed by atoms with Crippen molar-refractivity contribution >= 4 is 17.2 Å². The Balaban J connectivity index is 1.62. The fraction of sp³-hybridized carbons (Fsp3) is 0.211. The predicted molar refractivity (Wildman–Crippen MR) is 99.6 cm³/mol. The third-order valence-electron chi connectivity index (χ3n) is 3.68. The highest BCUT2D eigenvalue weighted by Crippen LogP contribution is 2.21. The number of rotatable bonds is 7. The van der Waals surface area contributed by atoms with Crippen molar-refractivity contribution in [2.24, 2.45) is 0 Å². The summed E-state index contributed by atoms with van der Waals surface area (Å²) in [5.41, 5.74) is 1.61. The Morgan fingerprint density at radius 2 is 2.08 bits per heavy atom. The van der Waals surface area contributed by atoms with Gasteiger partial charge < -0.3 is 14.8 Å². The van der Waals surface area contributed by atoms with Crippen LogP contribution in [0.3, 0.4) is 0 Å². The number of nitrogens with zero attached hydrogens (tertiary/aromatic N) is 2. The quantitative estimate of drug-likeness (QED) is 0.691. The number of pyridine rings is 1. The number of nitrogens with one attached hydrogen (secondary N) is 1. The number of amides is 1. The minimum Gasteiger partial charge on any atom is -0.496 e. The molecule has 0 aliphatic rings. The summed E-state index contributed by atoms with van der Waals surface area (Å²) in [5.74, 6) is 1.26. The van der Waals surface area contributed by atoms with Crippen LogP contribution in [0.5, 0.6) is 11.5 Å². The summed E-state index contributed by atoms with van der Waals surface area (Å²) in [6.45, 7) is 2.51. The molecule has 134 valence electrons. The van der Waals surface area contributed by atoms with E-state index in [-0.39, 0.29) is 5.91 Å². The van der Waals surface area contributed by atoms with E-state index in [0.717, 1.165) is 16.3 Å². The van der Waals surface area contributed by atoms with E-state index in [2.05, 4.69) is 15.3 Å². The van der Waals surface area contributed by atoms with E-state index >= 15 is 0 Å². The average molecular weight is 369 g/mol. The Hall–Kier alpha value is -2.93. The third-order valence-corrected chi connectivity index (χ3v) is 4.81. The molecule has 6 nitrogen and oxygen atoms in total. The molecule has 7 heteroatoms. The Labute approximate surface area is 155 Å². The van der Waals surface area contributed by atoms with Crippen LogP contribution in [0.4, 0.5) is 0 Å². The van der Waals surface area contributed by atoms with Crippen LogP contribution in [-0.2, 0) is 13.2 Å². The number of methoxy groups -OCH3 is 1. The molecule has 0 bridgehead atoms. The maximum absolute atomic E-state index is 12.5. The highest BCUT2D eigenvalue weighted by molar-refractivity contribution is 7.13. The van der Waals surface area contributed by atoms with Gasteiger partial charge in [0.2, 0.25) is 0 Å². The minimum atomic E-state index is -0.154. The van der Waals surface area contributed by atoms with Crippen molar-refractivity contribution in [2.45, 2.75) is 20.1 Å². The molecule has 3 rings (SSSR count). The molecule has 0 saturated carbocycles. The zero-order valence-corrected chi connectivity index (χ0v) is 15.4. The van der Waals surface area contributed by atoms with Crippen molar-refractivity contribution in [3.63, 3.8) is 0 Å². The number of hydrogen-bond acceptors (Lipinski definition) is 6. The van der Waals surface area contributed by atoms with E-state index in [9.17, 15) is 4.79 Å². The number of aromatic nitrogens is 2. The monoisotopic (exact) mass is 369 g/mol. The van der Waals surface area contributed by atoms with Gasteiger partial charge in [-0.2, -0.15) is 0 Å². The van der Waals surface area contributed by atoms with Gasteiger partial charge in [0, 0.05) is 18.3 Å². The number of hydrogen-bond donors (Lipinski definition) is 1. The second-order valence-electron chi connectivity index (χ2n) is 5.49. The predicted octanol–water partition coefficient (Wildman–Crippen LogP) is 3.36. The highest BCUT2D eigenvalue weighted by atomic mass is 32.1. The smallest absolute Gasteiger partial charge is 0.263 e. The molecule has 0 saturated heterocycles. The van der Waals surface area contributed by atoms with Crippen molar-refractivity contribution < 1.29 is 14.3 Å². The van der Waals surface area contributed by atoms with Crippen molar-refractivity contribution in [1.29, 1.82) is 0 Å². The van der Waals surface area contributed by atoms with E-state index in [0.29, 0.717) is 29.5 Å². The van der Waals surface area contributed by atoms with Crippen LogP contribution in [0.1, 0.15) is 25.9 Å². The van der Waals surface area contributed by atoms with Crippen LogP contribution in [0.25, 0.3) is 0 Å². The Kier molecular flexibility index (Phi) is 5.80. The molecule has 1 amide bonds. The summed E-state index contributed by atoms with van der Waals surface area (Å²) < 4.78 is 10.9. The molecule has 0 fully saturated rings. The maximum Gasteiger partial charge on any atom is 0.263 e. The molecule has 2 aromatic heterocycles. The summed E-state index contributed by atoms with van der Waals surface area (Å²) in [4.78, 5) is 21.5. The fourth-order valence-electron chi connectivity index (χ4n) is 2.41. The van der Waals surface area contributed by atoms with Gasteiger partial charge in [-0.25, -0.2) is 4.98 Å². The third kappa shape index (κ3) is 4.37. The largest absolute Gasteiger partial charge is 0.496 e. The van der Waals surface area contributed by atoms with Gasteiger partial charge in [-0.05, 0) is 25.1 Å². The first-order chi connectivity index (χ1) is 12.7. The highest BCUT2D eigenvalue weighted by Gasteiger charge is 2.16. The van der Waals surface area contributed by atoms with E-state index in [1.807, 2.05) is 37.3 Å². The number of carbonyl (C=O) groups is 1. The van der Waals surface area contributed by atoms with E-state index in [4.69, 9.17) is 9.47 Å². The van der Waals surface area contributed by atoms with Crippen molar-refractivity contribution in [2.75, 3.05) is 7.11 Å². The summed E-state index contributed by atoms with van der Waals surface area (Å²) in [6.07, 6.45) is 3.33. The number of aryl methyl sites for hydroxylation is 1. The first-order valence-electron chi connectivity index (χ1n) is 8.06. The van der Waals surface area contributed by atoms with Crippen molar-refractivity contribution in [1.82, 2.24) is 15.3 Å². The fourth-order valence-corrected chi connectivity index (χ4v) is 3.30. The lowest BCUT2D eigenvalue weighted by Crippen LogP contribution is -2.22. The SMILES string of the molecule is COc1ccccc1CNC(=O)c1sc(COc2cccnc2)nc1C. The first-order valence-corrected chi connectivity index (χ1v) is 8.88. The van der Waals surface area contributed by atoms with Gasteiger partial charge in [-0.1, -0.05) is 18.2 Å². The van der Waals surface area contributed by atoms with Gasteiger partial charge >= 0.3 is 0 Å². The molecule has 1 aromatic carbocycles. The van der Waals surface area contributed by atoms with Gasteiger partial charge in [-0.3, -0.25) is 9.78 Å². The molecule has 1 N–H and O–H groups in total. The standard InChI is InChI=1S/C19H19N3O3S/c1-13-18(19(23)21-10-14-6-3-4-8-16(14)24-2)26-17(22-13)12-25-15-7-5-9-20-11-15/h3-9,11H,10,12H2,1-2H3,(H,21,23). The lowest BCUT2D eigenvalue weighted by molar-refractivity contribution is 0.0954. The van der Waals surface area contributed by atoms with Crippen molar-refractivity contribution in [3.8, 4) is 11.5 Å². The molecular formula is C19H19N3O3S. The van der Waals surface area contributed by atoms with Gasteiger partial charge in [-0.15, -0.1) is 11.3 Å². The summed E-state index contributed by atoms with van der Waals surface area (Å²) >= 11 is 1.33. The number of ether oxygens (including phenoxy) is 2. The van der Waals surface area contributed by atoms with Gasteiger partial charge in [0.25, 0.3) is 5.91 Å². The first kappa shape index (κ1) is 17.9. The lowest BCUT2D eigenvalue weighted by Gasteiger charge is -2.09. The second-order valence-corrected chi connectivity index (χ2v) is 6.58. The molecule has 0 atom stereocenters. The molecule has 0 aliphatic heterocycles. The van der Waals surface area contributed by atoms with Crippen LogP contribution in [0, 0.1) is 6.92 Å². The van der Waals surface area contributed by atoms with E-state index < -0.39 is 0 Å². The summed E-state index contributed by atoms with van der Waals surface area (Å²) in [6, 6.07) is 11.2. The normalized spacial score (nSPS) is 10.4. The molecule has 0 spiro atoms. The Bertz CT molecular complexity index is 881. The summed E-state index contributed by atoms with van der Waals surface area (Å²) in [7, 11) is 1.61. The number of carbonyl (C=O) groups excluding carboxylic acids is 1. The minimum absolute atomic E-state index is 0.154. The second kappa shape index (κ2) is 8.44. The molecule has 0 unspecified atom stereocenters. The van der Waals surface area contributed by atoms with E-state index in [1.54, 1.807) is 25.6 Å². The molecule has 26 heavy (non-hydrogen) atoms. The Morgan fingerprint density at radius 1 is 1.23 bits per heavy atom. The van der Waals surface area contributed by atoms with E-state index in [1.165, 1.54) is 11.3 Å². The van der Waals surface area contributed by atoms with Gasteiger partial charge in [0.05, 0.1) is 19.0 Å². The lowest BCUT2D eigenvalue weighted by atomic mass is 10.2. The van der Waals surface area contributed by atoms with Gasteiger partial charge in [0.15, 0.2) is 0 Å².